The molecule has 0 spiro atoms. The van der Waals surface area contributed by atoms with Gasteiger partial charge in [0.1, 0.15) is 0 Å². The van der Waals surface area contributed by atoms with E-state index in [1.54, 1.807) is 0 Å². The monoisotopic (exact) mass is 374 g/mol. The van der Waals surface area contributed by atoms with Crippen molar-refractivity contribution in [3.63, 3.8) is 0 Å². The van der Waals surface area contributed by atoms with Crippen molar-refractivity contribution in [1.29, 1.82) is 0 Å². The summed E-state index contributed by atoms with van der Waals surface area (Å²) in [5.74, 6) is 0. The van der Waals surface area contributed by atoms with E-state index in [9.17, 15) is 25.9 Å². The molecule has 0 aromatic carbocycles. The van der Waals surface area contributed by atoms with E-state index >= 15 is 0 Å². The van der Waals surface area contributed by atoms with Gasteiger partial charge in [-0.3, -0.25) is 0 Å². The average Bonchev–Trinajstić information content (AvgIpc) is 1.79. The molecule has 1 atom stereocenters. The van der Waals surface area contributed by atoms with Gasteiger partial charge in [-0.2, -0.15) is 0 Å². The zero-order valence-electron chi connectivity index (χ0n) is 8.75. The van der Waals surface area contributed by atoms with Gasteiger partial charge in [0, 0.05) is 0 Å². The maximum atomic E-state index is 9.37. The van der Waals surface area contributed by atoms with Crippen molar-refractivity contribution < 1.29 is 180 Å². The summed E-state index contributed by atoms with van der Waals surface area (Å²) in [6.45, 7) is 0. The fraction of sp³-hybridized carbons (Fsp3) is 0. The Kier molecular flexibility index (Phi) is 31.8. The Hall–Kier alpha value is 4.08. The number of hydrogen-bond acceptors (Lipinski definition) is 10. The second kappa shape index (κ2) is 16.5. The molecule has 0 amide bonds. The Morgan fingerprint density at radius 2 is 1.06 bits per heavy atom. The van der Waals surface area contributed by atoms with Gasteiger partial charge in [-0.1, -0.05) is 0 Å². The van der Waals surface area contributed by atoms with Crippen molar-refractivity contribution in [2.45, 2.75) is 0 Å². The van der Waals surface area contributed by atoms with Crippen LogP contribution in [0.5, 0.6) is 0 Å². The second-order valence-corrected chi connectivity index (χ2v) is 3.51. The molecular weight excluding hydrogens is 373 g/mol. The van der Waals surface area contributed by atoms with Crippen molar-refractivity contribution in [3.05, 3.63) is 0 Å². The quantitative estimate of drug-likeness (QED) is 0.123. The van der Waals surface area contributed by atoms with E-state index in [1.165, 1.54) is 0 Å². The fourth-order valence-corrected chi connectivity index (χ4v) is 0.612. The molecule has 17 heavy (non-hydrogen) atoms. The molecule has 1 unspecified atom stereocenters. The van der Waals surface area contributed by atoms with Crippen molar-refractivity contribution in [2.24, 2.45) is 0 Å². The van der Waals surface area contributed by atoms with Gasteiger partial charge in [-0.15, -0.1) is 8.67 Å². The van der Waals surface area contributed by atoms with Crippen LogP contribution < -0.4 is 132 Å². The third-order valence-corrected chi connectivity index (χ3v) is 0.750. The molecule has 0 aromatic rings. The van der Waals surface area contributed by atoms with Crippen LogP contribution in [0.4, 0.5) is 0 Å². The molecule has 1 N–H and O–H groups in total. The van der Waals surface area contributed by atoms with Crippen LogP contribution in [-0.2, 0) is 40.8 Å². The molecule has 0 fully saturated rings. The van der Waals surface area contributed by atoms with Crippen LogP contribution in [-0.4, -0.2) is 39.3 Å². The van der Waals surface area contributed by atoms with E-state index in [1.807, 2.05) is 0 Å². The van der Waals surface area contributed by atoms with Crippen LogP contribution in [0, 0.1) is 0 Å². The first-order chi connectivity index (χ1) is 5.94. The van der Waals surface area contributed by atoms with E-state index in [0.29, 0.717) is 0 Å². The van der Waals surface area contributed by atoms with E-state index < -0.39 is 32.2 Å². The van der Waals surface area contributed by atoms with Crippen molar-refractivity contribution in [2.75, 3.05) is 0 Å². The van der Waals surface area contributed by atoms with Crippen molar-refractivity contribution in [1.82, 2.24) is 0 Å². The third kappa shape index (κ3) is 53.5. The summed E-state index contributed by atoms with van der Waals surface area (Å²) < 4.78 is 85.5. The molecule has 0 aromatic heterocycles. The summed E-state index contributed by atoms with van der Waals surface area (Å²) >= 11 is -2.86. The van der Waals surface area contributed by atoms with Gasteiger partial charge in [0.2, 0.25) is 20.8 Å². The first-order valence-electron chi connectivity index (χ1n) is 2.02. The first-order valence-corrected chi connectivity index (χ1v) is 5.71. The van der Waals surface area contributed by atoms with Crippen LogP contribution in [0.15, 0.2) is 0 Å². The summed E-state index contributed by atoms with van der Waals surface area (Å²) in [6.07, 6.45) is 0. The molecule has 11 nitrogen and oxygen atoms in total. The van der Waals surface area contributed by atoms with Crippen LogP contribution in [0.25, 0.3) is 0 Å². The summed E-state index contributed by atoms with van der Waals surface area (Å²) in [7, 11) is -10.6. The fourth-order valence-electron chi connectivity index (χ4n) is 0.0680. The van der Waals surface area contributed by atoms with Crippen LogP contribution >= 0.6 is 0 Å². The molecule has 0 aliphatic heterocycles. The maximum absolute atomic E-state index is 9.37. The molecule has 0 saturated heterocycles. The molecule has 0 aliphatic rings. The van der Waals surface area contributed by atoms with Crippen molar-refractivity contribution in [3.8, 4) is 0 Å². The normalized spacial score (nSPS) is 11.5. The molecule has 88 valence electrons. The Bertz CT molecular complexity index is 332. The Labute approximate surface area is 207 Å². The zero-order chi connectivity index (χ0) is 12.0. The summed E-state index contributed by atoms with van der Waals surface area (Å²) in [5, 5.41) is 0. The Morgan fingerprint density at radius 3 is 1.12 bits per heavy atom. The minimum atomic E-state index is -5.31. The molecule has 0 aliphatic carbocycles. The van der Waals surface area contributed by atoms with E-state index in [-0.39, 0.29) is 132 Å². The smallest absolute Gasteiger partial charge is 0.750 e. The van der Waals surface area contributed by atoms with E-state index in [0.717, 1.165) is 0 Å². The molecule has 17 heteroatoms. The average molecular weight is 374 g/mol. The molecule has 0 bridgehead atoms. The SMILES string of the molecule is O=S(=O)([O-])OOS(=O)(=O)[O-].O=S([O-])O.[K+].[K+].[Na+]. The Balaban J connectivity index is -0.0000000607. The predicted molar refractivity (Wildman–Crippen MR) is 33.1 cm³/mol. The minimum Gasteiger partial charge on any atom is -0.750 e. The zero-order valence-corrected chi connectivity index (χ0v) is 19.5. The topological polar surface area (TPSA) is 193 Å². The maximum Gasteiger partial charge on any atom is 1.00 e. The summed E-state index contributed by atoms with van der Waals surface area (Å²) in [4.78, 5) is 0. The van der Waals surface area contributed by atoms with Gasteiger partial charge in [0.15, 0.2) is 0 Å². The first kappa shape index (κ1) is 32.9. The van der Waals surface area contributed by atoms with Gasteiger partial charge in [-0.25, -0.2) is 21.0 Å². The Morgan fingerprint density at radius 1 is 0.941 bits per heavy atom. The van der Waals surface area contributed by atoms with Gasteiger partial charge in [0.05, 0.1) is 11.4 Å². The molecule has 0 rings (SSSR count). The standard InChI is InChI=1S/2K.Na.H2O8S2.H2O3S/c;;;1-9(2,3)7-8-10(4,5)6;1-4(2)3/h;;;(H,1,2,3)(H,4,5,6);(H2,1,2,3)/q3*+1;;/p-3. The van der Waals surface area contributed by atoms with Gasteiger partial charge < -0.3 is 18.2 Å². The largest absolute Gasteiger partial charge is 1.00 e. The molecular formula is HK2NaO11S3. The van der Waals surface area contributed by atoms with Crippen molar-refractivity contribution >= 4 is 32.2 Å². The predicted octanol–water partition coefficient (Wildman–Crippen LogP) is -11.8. The molecule has 0 saturated carbocycles. The van der Waals surface area contributed by atoms with E-state index in [2.05, 4.69) is 8.67 Å². The third-order valence-electron chi connectivity index (χ3n) is 0.194. The van der Waals surface area contributed by atoms with Gasteiger partial charge >= 0.3 is 132 Å². The second-order valence-electron chi connectivity index (χ2n) is 1.17. The summed E-state index contributed by atoms with van der Waals surface area (Å²) in [5.41, 5.74) is 0. The summed E-state index contributed by atoms with van der Waals surface area (Å²) in [6, 6.07) is 0. The van der Waals surface area contributed by atoms with Crippen LogP contribution in [0.3, 0.4) is 0 Å². The minimum absolute atomic E-state index is 0. The van der Waals surface area contributed by atoms with E-state index in [4.69, 9.17) is 13.3 Å². The number of hydrogen-bond donors (Lipinski definition) is 1. The van der Waals surface area contributed by atoms with Crippen LogP contribution in [0.1, 0.15) is 0 Å². The van der Waals surface area contributed by atoms with Gasteiger partial charge in [0.25, 0.3) is 0 Å². The number of rotatable bonds is 3. The van der Waals surface area contributed by atoms with Crippen LogP contribution in [0.2, 0.25) is 0 Å². The molecule has 0 radical (unpaired) electrons. The molecule has 0 heterocycles. The van der Waals surface area contributed by atoms with Gasteiger partial charge in [-0.05, 0) is 0 Å².